The summed E-state index contributed by atoms with van der Waals surface area (Å²) in [4.78, 5) is 9.14. The lowest BCUT2D eigenvalue weighted by Gasteiger charge is -2.36. The summed E-state index contributed by atoms with van der Waals surface area (Å²) in [5, 5.41) is 0. The maximum absolute atomic E-state index is 5.76. The minimum atomic E-state index is 0.838. The molecule has 1 saturated heterocycles. The Hall–Kier alpha value is -2.01. The molecule has 0 radical (unpaired) electrons. The number of aromatic nitrogens is 2. The lowest BCUT2D eigenvalue weighted by Crippen LogP contribution is -2.46. The van der Waals surface area contributed by atoms with Crippen LogP contribution in [-0.2, 0) is 6.54 Å². The number of anilines is 2. The molecule has 3 rings (SSSR count). The third-order valence-electron chi connectivity index (χ3n) is 4.83. The SMILES string of the molecule is Nc1ccc(N2CCN(CCCCCCn3ccnc3)CC2)cc1. The Morgan fingerprint density at radius 3 is 2.25 bits per heavy atom. The average molecular weight is 327 g/mol. The van der Waals surface area contributed by atoms with E-state index in [9.17, 15) is 0 Å². The molecule has 130 valence electrons. The number of nitrogens with zero attached hydrogens (tertiary/aromatic N) is 4. The molecular weight excluding hydrogens is 298 g/mol. The smallest absolute Gasteiger partial charge is 0.0945 e. The van der Waals surface area contributed by atoms with Crippen molar-refractivity contribution in [2.45, 2.75) is 32.2 Å². The predicted molar refractivity (Wildman–Crippen MR) is 100 cm³/mol. The van der Waals surface area contributed by atoms with E-state index < -0.39 is 0 Å². The molecule has 1 aliphatic rings. The standard InChI is InChI=1S/C19H29N5/c20-18-5-7-19(8-6-18)24-15-13-22(14-16-24)10-3-1-2-4-11-23-12-9-21-17-23/h5-9,12,17H,1-4,10-11,13-16,20H2. The molecule has 2 heterocycles. The molecule has 0 amide bonds. The second-order valence-corrected chi connectivity index (χ2v) is 6.63. The van der Waals surface area contributed by atoms with Gasteiger partial charge in [-0.05, 0) is 43.7 Å². The minimum absolute atomic E-state index is 0.838. The first-order chi connectivity index (χ1) is 11.8. The molecule has 5 heteroatoms. The molecule has 1 fully saturated rings. The maximum atomic E-state index is 5.76. The van der Waals surface area contributed by atoms with Crippen LogP contribution in [0.1, 0.15) is 25.7 Å². The second-order valence-electron chi connectivity index (χ2n) is 6.63. The van der Waals surface area contributed by atoms with E-state index >= 15 is 0 Å². The number of hydrogen-bond acceptors (Lipinski definition) is 4. The molecule has 1 aromatic carbocycles. The zero-order chi connectivity index (χ0) is 16.6. The van der Waals surface area contributed by atoms with Gasteiger partial charge in [-0.2, -0.15) is 0 Å². The van der Waals surface area contributed by atoms with Gasteiger partial charge in [-0.15, -0.1) is 0 Å². The number of rotatable bonds is 8. The Morgan fingerprint density at radius 1 is 0.875 bits per heavy atom. The molecule has 0 unspecified atom stereocenters. The Balaban J connectivity index is 1.26. The summed E-state index contributed by atoms with van der Waals surface area (Å²) in [5.74, 6) is 0. The molecule has 0 spiro atoms. The summed E-state index contributed by atoms with van der Waals surface area (Å²) < 4.78 is 2.16. The second kappa shape index (κ2) is 8.73. The van der Waals surface area contributed by atoms with E-state index in [0.29, 0.717) is 0 Å². The molecule has 0 bridgehead atoms. The number of piperazine rings is 1. The third kappa shape index (κ3) is 4.99. The van der Waals surface area contributed by atoms with Crippen LogP contribution < -0.4 is 10.6 Å². The number of hydrogen-bond donors (Lipinski definition) is 1. The quantitative estimate of drug-likeness (QED) is 0.598. The van der Waals surface area contributed by atoms with Gasteiger partial charge in [0.15, 0.2) is 0 Å². The number of nitrogen functional groups attached to an aromatic ring is 1. The van der Waals surface area contributed by atoms with Crippen LogP contribution in [0.25, 0.3) is 0 Å². The molecule has 2 aromatic rings. The lowest BCUT2D eigenvalue weighted by atomic mass is 10.1. The molecular formula is C19H29N5. The van der Waals surface area contributed by atoms with Gasteiger partial charge in [0.05, 0.1) is 6.33 Å². The van der Waals surface area contributed by atoms with Gasteiger partial charge < -0.3 is 15.2 Å². The number of unbranched alkanes of at least 4 members (excludes halogenated alkanes) is 3. The predicted octanol–water partition coefficient (Wildman–Crippen LogP) is 2.85. The number of aryl methyl sites for hydroxylation is 1. The van der Waals surface area contributed by atoms with E-state index in [4.69, 9.17) is 5.73 Å². The van der Waals surface area contributed by atoms with Gasteiger partial charge >= 0.3 is 0 Å². The molecule has 1 aliphatic heterocycles. The first-order valence-electron chi connectivity index (χ1n) is 9.10. The Labute approximate surface area is 145 Å². The minimum Gasteiger partial charge on any atom is -0.399 e. The average Bonchev–Trinajstić information content (AvgIpc) is 3.13. The Bertz CT molecular complexity index is 570. The molecule has 2 N–H and O–H groups in total. The molecule has 24 heavy (non-hydrogen) atoms. The summed E-state index contributed by atoms with van der Waals surface area (Å²) in [6, 6.07) is 8.24. The van der Waals surface area contributed by atoms with Crippen molar-refractivity contribution in [1.82, 2.24) is 14.5 Å². The van der Waals surface area contributed by atoms with E-state index in [0.717, 1.165) is 25.3 Å². The zero-order valence-corrected chi connectivity index (χ0v) is 14.5. The number of imidazole rings is 1. The molecule has 5 nitrogen and oxygen atoms in total. The first kappa shape index (κ1) is 16.8. The van der Waals surface area contributed by atoms with Crippen molar-refractivity contribution < 1.29 is 0 Å². The highest BCUT2D eigenvalue weighted by Gasteiger charge is 2.16. The topological polar surface area (TPSA) is 50.3 Å². The summed E-state index contributed by atoms with van der Waals surface area (Å²) in [7, 11) is 0. The highest BCUT2D eigenvalue weighted by molar-refractivity contribution is 5.53. The fourth-order valence-corrected chi connectivity index (χ4v) is 3.32. The van der Waals surface area contributed by atoms with Gasteiger partial charge in [0, 0.05) is 56.5 Å². The lowest BCUT2D eigenvalue weighted by molar-refractivity contribution is 0.252. The van der Waals surface area contributed by atoms with Gasteiger partial charge in [-0.3, -0.25) is 4.90 Å². The zero-order valence-electron chi connectivity index (χ0n) is 14.5. The van der Waals surface area contributed by atoms with Crippen LogP contribution in [0.2, 0.25) is 0 Å². The monoisotopic (exact) mass is 327 g/mol. The van der Waals surface area contributed by atoms with Crippen LogP contribution in [-0.4, -0.2) is 47.2 Å². The van der Waals surface area contributed by atoms with Gasteiger partial charge in [0.2, 0.25) is 0 Å². The van der Waals surface area contributed by atoms with E-state index in [1.54, 1.807) is 0 Å². The molecule has 0 aliphatic carbocycles. The highest BCUT2D eigenvalue weighted by atomic mass is 15.3. The first-order valence-corrected chi connectivity index (χ1v) is 9.10. The van der Waals surface area contributed by atoms with Crippen molar-refractivity contribution in [1.29, 1.82) is 0 Å². The molecule has 0 saturated carbocycles. The van der Waals surface area contributed by atoms with E-state index in [-0.39, 0.29) is 0 Å². The summed E-state index contributed by atoms with van der Waals surface area (Å²) in [6.45, 7) is 6.90. The van der Waals surface area contributed by atoms with Crippen molar-refractivity contribution in [3.63, 3.8) is 0 Å². The summed E-state index contributed by atoms with van der Waals surface area (Å²) in [5.41, 5.74) is 7.90. The van der Waals surface area contributed by atoms with Crippen LogP contribution in [0.3, 0.4) is 0 Å². The number of benzene rings is 1. The molecule has 1 aromatic heterocycles. The van der Waals surface area contributed by atoms with Crippen LogP contribution >= 0.6 is 0 Å². The fourth-order valence-electron chi connectivity index (χ4n) is 3.32. The van der Waals surface area contributed by atoms with Crippen LogP contribution in [0, 0.1) is 0 Å². The van der Waals surface area contributed by atoms with Crippen LogP contribution in [0.5, 0.6) is 0 Å². The molecule has 0 atom stereocenters. The van der Waals surface area contributed by atoms with E-state index in [2.05, 4.69) is 31.5 Å². The van der Waals surface area contributed by atoms with Crippen molar-refractivity contribution in [2.75, 3.05) is 43.4 Å². The highest BCUT2D eigenvalue weighted by Crippen LogP contribution is 2.18. The van der Waals surface area contributed by atoms with E-state index in [1.165, 1.54) is 51.0 Å². The van der Waals surface area contributed by atoms with Crippen molar-refractivity contribution in [3.05, 3.63) is 43.0 Å². The van der Waals surface area contributed by atoms with Crippen LogP contribution in [0.15, 0.2) is 43.0 Å². The third-order valence-corrected chi connectivity index (χ3v) is 4.83. The van der Waals surface area contributed by atoms with Gasteiger partial charge in [0.1, 0.15) is 0 Å². The van der Waals surface area contributed by atoms with Gasteiger partial charge in [-0.1, -0.05) is 12.8 Å². The number of nitrogens with two attached hydrogens (primary N) is 1. The summed E-state index contributed by atoms with van der Waals surface area (Å²) >= 11 is 0. The van der Waals surface area contributed by atoms with Gasteiger partial charge in [0.25, 0.3) is 0 Å². The normalized spacial score (nSPS) is 15.8. The Kier molecular flexibility index (Phi) is 6.13. The van der Waals surface area contributed by atoms with Crippen molar-refractivity contribution >= 4 is 11.4 Å². The van der Waals surface area contributed by atoms with E-state index in [1.807, 2.05) is 30.9 Å². The fraction of sp³-hybridized carbons (Fsp3) is 0.526. The van der Waals surface area contributed by atoms with Gasteiger partial charge in [-0.25, -0.2) is 4.98 Å². The largest absolute Gasteiger partial charge is 0.399 e. The van der Waals surface area contributed by atoms with Crippen LogP contribution in [0.4, 0.5) is 11.4 Å². The van der Waals surface area contributed by atoms with Crippen molar-refractivity contribution in [3.8, 4) is 0 Å². The van der Waals surface area contributed by atoms with Crippen molar-refractivity contribution in [2.24, 2.45) is 0 Å². The maximum Gasteiger partial charge on any atom is 0.0945 e. The Morgan fingerprint density at radius 2 is 1.58 bits per heavy atom. The summed E-state index contributed by atoms with van der Waals surface area (Å²) in [6.07, 6.45) is 11.0.